The molecule has 0 aliphatic heterocycles. The maximum Gasteiger partial charge on any atom is 0.411 e. The highest BCUT2D eigenvalue weighted by Gasteiger charge is 2.23. The second kappa shape index (κ2) is 27.3. The summed E-state index contributed by atoms with van der Waals surface area (Å²) < 4.78 is 4.13. The van der Waals surface area contributed by atoms with E-state index in [1.165, 1.54) is 0 Å². The summed E-state index contributed by atoms with van der Waals surface area (Å²) in [4.78, 5) is 47.4. The minimum absolute atomic E-state index is 0.380. The van der Waals surface area contributed by atoms with Gasteiger partial charge in [-0.05, 0) is 104 Å². The predicted octanol–water partition coefficient (Wildman–Crippen LogP) is 15.2. The number of aryl methyl sites for hydroxylation is 6. The Labute approximate surface area is 483 Å². The molecule has 14 nitrogen and oxygen atoms in total. The lowest BCUT2D eigenvalue weighted by molar-refractivity contribution is 0.164. The Morgan fingerprint density at radius 3 is 1.29 bits per heavy atom. The van der Waals surface area contributed by atoms with Crippen molar-refractivity contribution in [2.45, 2.75) is 45.3 Å². The van der Waals surface area contributed by atoms with Gasteiger partial charge in [0.25, 0.3) is 0 Å². The molecule has 6 heterocycles. The zero-order valence-electron chi connectivity index (χ0n) is 44.1. The summed E-state index contributed by atoms with van der Waals surface area (Å²) in [6.45, 7) is 11.1. The molecule has 0 aliphatic rings. The Morgan fingerprint density at radius 1 is 0.468 bits per heavy atom. The fourth-order valence-corrected chi connectivity index (χ4v) is 8.22. The highest BCUT2D eigenvalue weighted by atomic mass is 79.9. The lowest BCUT2D eigenvalue weighted by atomic mass is 10.0. The van der Waals surface area contributed by atoms with Crippen LogP contribution in [0.3, 0.4) is 0 Å². The number of rotatable bonds is 8. The molecule has 0 radical (unpaired) electrons. The van der Waals surface area contributed by atoms with E-state index in [9.17, 15) is 4.79 Å². The van der Waals surface area contributed by atoms with Crippen LogP contribution in [0.2, 0.25) is 0 Å². The molecule has 10 aromatic rings. The van der Waals surface area contributed by atoms with Crippen molar-refractivity contribution in [3.05, 3.63) is 215 Å². The Kier molecular flexibility index (Phi) is 20.2. The van der Waals surface area contributed by atoms with E-state index in [1.54, 1.807) is 30.9 Å². The van der Waals surface area contributed by atoms with Crippen LogP contribution in [-0.4, -0.2) is 56.4 Å². The number of carbonyl (C=O) groups is 1. The number of anilines is 4. The van der Waals surface area contributed by atoms with Gasteiger partial charge in [-0.15, -0.1) is 0 Å². The smallest absolute Gasteiger partial charge is 0.411 e. The molecular weight excluding hydrogens is 1120 g/mol. The number of nitrogens with two attached hydrogens (primary N) is 3. The third-order valence-corrected chi connectivity index (χ3v) is 12.7. The van der Waals surface area contributed by atoms with Crippen molar-refractivity contribution in [1.29, 1.82) is 0 Å². The van der Waals surface area contributed by atoms with Gasteiger partial charge >= 0.3 is 6.09 Å². The zero-order valence-corrected chi connectivity index (χ0v) is 47.9. The van der Waals surface area contributed by atoms with Gasteiger partial charge in [0.1, 0.15) is 22.9 Å². The van der Waals surface area contributed by atoms with E-state index in [0.29, 0.717) is 34.3 Å². The number of alkyl halides is 3. The average molecular weight is 1180 g/mol. The molecule has 400 valence electrons. The van der Waals surface area contributed by atoms with Crippen molar-refractivity contribution in [3.8, 4) is 67.5 Å². The number of amides is 1. The third-order valence-electron chi connectivity index (χ3n) is 11.6. The van der Waals surface area contributed by atoms with Crippen molar-refractivity contribution in [3.63, 3.8) is 0 Å². The van der Waals surface area contributed by atoms with Crippen LogP contribution in [0.15, 0.2) is 181 Å². The molecule has 0 bridgehead atoms. The van der Waals surface area contributed by atoms with Gasteiger partial charge in [-0.25, -0.2) is 39.7 Å². The summed E-state index contributed by atoms with van der Waals surface area (Å²) in [6.07, 6.45) is 8.11. The first-order chi connectivity index (χ1) is 37.8. The van der Waals surface area contributed by atoms with Crippen molar-refractivity contribution in [2.24, 2.45) is 0 Å². The second-order valence-electron chi connectivity index (χ2n) is 17.9. The van der Waals surface area contributed by atoms with Crippen molar-refractivity contribution < 1.29 is 9.53 Å². The maximum absolute atomic E-state index is 12.2. The minimum atomic E-state index is -1.69. The van der Waals surface area contributed by atoms with Gasteiger partial charge in [-0.3, -0.25) is 10.3 Å². The van der Waals surface area contributed by atoms with Crippen molar-refractivity contribution in [2.75, 3.05) is 29.1 Å². The van der Waals surface area contributed by atoms with Crippen LogP contribution in [0.4, 0.5) is 27.5 Å². The fourth-order valence-electron chi connectivity index (χ4n) is 7.76. The number of hydrogen-bond acceptors (Lipinski definition) is 13. The van der Waals surface area contributed by atoms with Crippen LogP contribution in [0.1, 0.15) is 33.9 Å². The standard InChI is InChI=1S/C20H17Cl3N4O2.C17H16N4.C12H11BrN2.C12H12N2/c1-12-8-16(26-19(28)29-11-20(21,22)23)18(14-6-4-3-5-7-14)27-17(12)15-9-24-13(2)25-10-15;1-11-8-15(18)17(13-6-4-3-5-7-13)21-16(11)14-9-19-12(2)20-10-14;1-8-7-10(14)11(15-12(8)13)9-5-3-2-4-6-9;1-9-7-11(13)12(14-8-9)10-5-3-2-4-6-10/h3-10H,11H2,1-2H3,(H,26,28);3-10H,18H2,1-2H3;2-7H,14H2,1H3;2-8H,13H2,1H3. The number of ether oxygens (including phenoxy) is 1. The normalized spacial score (nSPS) is 10.7. The first-order valence-corrected chi connectivity index (χ1v) is 26.5. The summed E-state index contributed by atoms with van der Waals surface area (Å²) in [5.41, 5.74) is 34.7. The first kappa shape index (κ1) is 58.3. The Hall–Kier alpha value is -8.34. The van der Waals surface area contributed by atoms with E-state index in [4.69, 9.17) is 66.7 Å². The van der Waals surface area contributed by atoms with Crippen LogP contribution in [0.25, 0.3) is 67.5 Å². The number of nitrogen functional groups attached to an aromatic ring is 3. The number of hydrogen-bond donors (Lipinski definition) is 4. The molecule has 0 saturated carbocycles. The summed E-state index contributed by atoms with van der Waals surface area (Å²) in [5.74, 6) is 1.42. The SMILES string of the molecule is Cc1cc(N)c(-c2ccccc2)nc1Br.Cc1cnc(-c2ccccc2)c(N)c1.Cc1ncc(-c2nc(-c3ccccc3)c(N)cc2C)cn1.Cc1ncc(-c2nc(-c3ccccc3)c(NC(=O)OCC(Cl)(Cl)Cl)cc2C)cn1. The first-order valence-electron chi connectivity index (χ1n) is 24.6. The zero-order chi connectivity index (χ0) is 56.6. The van der Waals surface area contributed by atoms with Gasteiger partial charge in [-0.2, -0.15) is 0 Å². The Balaban J connectivity index is 0.000000159. The Morgan fingerprint density at radius 2 is 0.848 bits per heavy atom. The average Bonchev–Trinajstić information content (AvgIpc) is 3.46. The highest BCUT2D eigenvalue weighted by molar-refractivity contribution is 9.10. The second-order valence-corrected chi connectivity index (χ2v) is 21.2. The molecule has 0 spiro atoms. The number of aromatic nitrogens is 8. The molecule has 0 fully saturated rings. The number of nitrogens with one attached hydrogen (secondary N) is 1. The van der Waals surface area contributed by atoms with E-state index in [1.807, 2.05) is 187 Å². The van der Waals surface area contributed by atoms with Crippen LogP contribution >= 0.6 is 50.7 Å². The van der Waals surface area contributed by atoms with Crippen LogP contribution in [0.5, 0.6) is 0 Å². The summed E-state index contributed by atoms with van der Waals surface area (Å²) in [7, 11) is 0. The van der Waals surface area contributed by atoms with Gasteiger partial charge in [0, 0.05) is 64.4 Å². The largest absolute Gasteiger partial charge is 0.445 e. The lowest BCUT2D eigenvalue weighted by Crippen LogP contribution is -2.21. The molecule has 18 heteroatoms. The fraction of sp³-hybridized carbons (Fsp3) is 0.131. The summed E-state index contributed by atoms with van der Waals surface area (Å²) in [5, 5.41) is 2.68. The number of benzene rings is 4. The molecule has 6 aromatic heterocycles. The topological polar surface area (TPSA) is 220 Å². The molecule has 0 unspecified atom stereocenters. The predicted molar refractivity (Wildman–Crippen MR) is 325 cm³/mol. The summed E-state index contributed by atoms with van der Waals surface area (Å²) >= 11 is 20.3. The quantitative estimate of drug-likeness (QED) is 0.0823. The number of carbonyl (C=O) groups excluding carboxylic acids is 1. The Bertz CT molecular complexity index is 3640. The molecule has 0 saturated heterocycles. The number of pyridine rings is 4. The maximum atomic E-state index is 12.2. The van der Waals surface area contributed by atoms with E-state index in [-0.39, 0.29) is 6.61 Å². The highest BCUT2D eigenvalue weighted by Crippen LogP contribution is 2.34. The molecule has 7 N–H and O–H groups in total. The molecule has 0 aliphatic carbocycles. The van der Waals surface area contributed by atoms with E-state index >= 15 is 0 Å². The van der Waals surface area contributed by atoms with Gasteiger partial charge < -0.3 is 21.9 Å². The molecule has 1 amide bonds. The molecule has 0 atom stereocenters. The van der Waals surface area contributed by atoms with Crippen LogP contribution in [0, 0.1) is 41.5 Å². The van der Waals surface area contributed by atoms with Gasteiger partial charge in [-0.1, -0.05) is 156 Å². The van der Waals surface area contributed by atoms with Gasteiger partial charge in [0.2, 0.25) is 3.79 Å². The van der Waals surface area contributed by atoms with Crippen LogP contribution < -0.4 is 22.5 Å². The molecule has 79 heavy (non-hydrogen) atoms. The number of halogens is 4. The molecule has 10 rings (SSSR count). The van der Waals surface area contributed by atoms with E-state index in [0.717, 1.165) is 94.5 Å². The van der Waals surface area contributed by atoms with E-state index < -0.39 is 9.89 Å². The van der Waals surface area contributed by atoms with Crippen molar-refractivity contribution in [1.82, 2.24) is 39.9 Å². The third kappa shape index (κ3) is 16.6. The van der Waals surface area contributed by atoms with Gasteiger partial charge in [0.15, 0.2) is 0 Å². The summed E-state index contributed by atoms with van der Waals surface area (Å²) in [6, 6.07) is 46.9. The monoisotopic (exact) mass is 1170 g/mol. The van der Waals surface area contributed by atoms with E-state index in [2.05, 4.69) is 51.2 Å². The molecule has 4 aromatic carbocycles. The van der Waals surface area contributed by atoms with Crippen molar-refractivity contribution >= 4 is 79.6 Å². The lowest BCUT2D eigenvalue weighted by Gasteiger charge is -2.16. The van der Waals surface area contributed by atoms with Crippen LogP contribution in [-0.2, 0) is 4.74 Å². The van der Waals surface area contributed by atoms with Gasteiger partial charge in [0.05, 0.1) is 56.9 Å². The molecular formula is C61H56BrCl3N12O2. The minimum Gasteiger partial charge on any atom is -0.445 e. The number of nitrogens with zero attached hydrogens (tertiary/aromatic N) is 8.